The fourth-order valence-electron chi connectivity index (χ4n) is 0.628. The summed E-state index contributed by atoms with van der Waals surface area (Å²) >= 11 is 0. The molecule has 0 aliphatic heterocycles. The highest BCUT2D eigenvalue weighted by Crippen LogP contribution is 2.07. The second-order valence-corrected chi connectivity index (χ2v) is 4.16. The second kappa shape index (κ2) is 3.73. The summed E-state index contributed by atoms with van der Waals surface area (Å²) in [5.41, 5.74) is 5.75. The van der Waals surface area contributed by atoms with Crippen molar-refractivity contribution in [1.82, 2.24) is 4.98 Å². The number of nitrogens with two attached hydrogens (primary N) is 1. The van der Waals surface area contributed by atoms with Crippen LogP contribution in [0.5, 0.6) is 0 Å². The van der Waals surface area contributed by atoms with E-state index in [1.807, 2.05) is 0 Å². The van der Waals surface area contributed by atoms with Crippen LogP contribution in [0, 0.1) is 0 Å². The van der Waals surface area contributed by atoms with Crippen molar-refractivity contribution in [2.75, 3.05) is 12.0 Å². The number of sulfone groups is 1. The van der Waals surface area contributed by atoms with Crippen LogP contribution >= 0.6 is 12.4 Å². The molecule has 0 radical (unpaired) electrons. The average molecular weight is 209 g/mol. The van der Waals surface area contributed by atoms with Gasteiger partial charge in [0.15, 0.2) is 14.9 Å². The number of halogens is 1. The van der Waals surface area contributed by atoms with Crippen LogP contribution in [0.4, 0.5) is 5.69 Å². The third-order valence-corrected chi connectivity index (χ3v) is 2.12. The number of aromatic nitrogens is 1. The molecule has 0 saturated heterocycles. The molecule has 0 amide bonds. The second-order valence-electron chi connectivity index (χ2n) is 2.20. The van der Waals surface area contributed by atoms with Gasteiger partial charge < -0.3 is 5.73 Å². The number of nitrogens with zero attached hydrogens (tertiary/aromatic N) is 1. The van der Waals surface area contributed by atoms with Crippen LogP contribution in [0.1, 0.15) is 0 Å². The van der Waals surface area contributed by atoms with Gasteiger partial charge in [0.1, 0.15) is 0 Å². The number of nitrogen functional groups attached to an aromatic ring is 1. The summed E-state index contributed by atoms with van der Waals surface area (Å²) in [6.45, 7) is 0. The minimum atomic E-state index is -3.22. The molecule has 0 bridgehead atoms. The molecule has 0 aromatic carbocycles. The van der Waals surface area contributed by atoms with Crippen molar-refractivity contribution >= 4 is 27.9 Å². The highest BCUT2D eigenvalue weighted by atomic mass is 35.5. The highest BCUT2D eigenvalue weighted by Gasteiger charge is 2.07. The Labute approximate surface area is 77.1 Å². The summed E-state index contributed by atoms with van der Waals surface area (Å²) < 4.78 is 21.7. The van der Waals surface area contributed by atoms with Crippen molar-refractivity contribution in [2.24, 2.45) is 0 Å². The monoisotopic (exact) mass is 208 g/mol. The SMILES string of the molecule is CS(=O)(=O)c1cc(N)ccn1.Cl. The molecule has 1 aromatic heterocycles. The van der Waals surface area contributed by atoms with Crippen molar-refractivity contribution in [3.8, 4) is 0 Å². The first-order valence-corrected chi connectivity index (χ1v) is 4.81. The molecule has 12 heavy (non-hydrogen) atoms. The Kier molecular flexibility index (Phi) is 3.48. The largest absolute Gasteiger partial charge is 0.399 e. The van der Waals surface area contributed by atoms with E-state index in [-0.39, 0.29) is 17.4 Å². The fraction of sp³-hybridized carbons (Fsp3) is 0.167. The van der Waals surface area contributed by atoms with E-state index in [9.17, 15) is 8.42 Å². The molecule has 0 atom stereocenters. The van der Waals surface area contributed by atoms with Crippen molar-refractivity contribution in [1.29, 1.82) is 0 Å². The standard InChI is InChI=1S/C6H8N2O2S.ClH/c1-11(9,10)6-4-5(7)2-3-8-6;/h2-4H,1H3,(H2,7,8);1H. The van der Waals surface area contributed by atoms with E-state index >= 15 is 0 Å². The molecular formula is C6H9ClN2O2S. The average Bonchev–Trinajstić information content (AvgIpc) is 1.86. The topological polar surface area (TPSA) is 73.0 Å². The van der Waals surface area contributed by atoms with Crippen LogP contribution in [-0.2, 0) is 9.84 Å². The Morgan fingerprint density at radius 3 is 2.42 bits per heavy atom. The molecule has 1 rings (SSSR count). The van der Waals surface area contributed by atoms with Crippen molar-refractivity contribution in [3.63, 3.8) is 0 Å². The van der Waals surface area contributed by atoms with E-state index in [0.717, 1.165) is 6.26 Å². The van der Waals surface area contributed by atoms with Crippen LogP contribution in [-0.4, -0.2) is 19.7 Å². The smallest absolute Gasteiger partial charge is 0.192 e. The highest BCUT2D eigenvalue weighted by molar-refractivity contribution is 7.90. The van der Waals surface area contributed by atoms with E-state index < -0.39 is 9.84 Å². The molecule has 1 heterocycles. The van der Waals surface area contributed by atoms with Gasteiger partial charge in [-0.25, -0.2) is 13.4 Å². The summed E-state index contributed by atoms with van der Waals surface area (Å²) in [6, 6.07) is 2.87. The number of hydrogen-bond acceptors (Lipinski definition) is 4. The van der Waals surface area contributed by atoms with E-state index in [0.29, 0.717) is 5.69 Å². The van der Waals surface area contributed by atoms with Crippen LogP contribution in [0.15, 0.2) is 23.4 Å². The quantitative estimate of drug-likeness (QED) is 0.729. The predicted octanol–water partition coefficient (Wildman–Crippen LogP) is 0.489. The first-order chi connectivity index (χ1) is 5.00. The van der Waals surface area contributed by atoms with E-state index in [2.05, 4.69) is 4.98 Å². The van der Waals surface area contributed by atoms with E-state index in [1.165, 1.54) is 18.3 Å². The molecule has 1 aromatic rings. The molecule has 68 valence electrons. The van der Waals surface area contributed by atoms with Gasteiger partial charge in [-0.15, -0.1) is 12.4 Å². The number of pyridine rings is 1. The maximum atomic E-state index is 10.9. The number of rotatable bonds is 1. The van der Waals surface area contributed by atoms with E-state index in [4.69, 9.17) is 5.73 Å². The summed E-state index contributed by atoms with van der Waals surface area (Å²) in [5.74, 6) is 0. The zero-order valence-corrected chi connectivity index (χ0v) is 8.02. The Morgan fingerprint density at radius 2 is 2.08 bits per heavy atom. The molecule has 0 fully saturated rings. The van der Waals surface area contributed by atoms with Gasteiger partial charge in [-0.3, -0.25) is 0 Å². The Hall–Kier alpha value is -0.810. The minimum absolute atomic E-state index is 0. The lowest BCUT2D eigenvalue weighted by Crippen LogP contribution is -2.00. The minimum Gasteiger partial charge on any atom is -0.399 e. The van der Waals surface area contributed by atoms with Gasteiger partial charge in [0.05, 0.1) is 0 Å². The third kappa shape index (κ3) is 2.67. The molecule has 0 saturated carbocycles. The van der Waals surface area contributed by atoms with Crippen LogP contribution in [0.3, 0.4) is 0 Å². The van der Waals surface area contributed by atoms with Gasteiger partial charge in [-0.2, -0.15) is 0 Å². The molecule has 4 nitrogen and oxygen atoms in total. The Bertz CT molecular complexity index is 364. The van der Waals surface area contributed by atoms with Gasteiger partial charge in [0.25, 0.3) is 0 Å². The van der Waals surface area contributed by atoms with Crippen LogP contribution in [0.2, 0.25) is 0 Å². The van der Waals surface area contributed by atoms with Gasteiger partial charge >= 0.3 is 0 Å². The zero-order valence-electron chi connectivity index (χ0n) is 6.39. The van der Waals surface area contributed by atoms with Crippen LogP contribution < -0.4 is 5.73 Å². The summed E-state index contributed by atoms with van der Waals surface area (Å²) in [5, 5.41) is 0.0116. The van der Waals surface area contributed by atoms with Gasteiger partial charge in [-0.05, 0) is 12.1 Å². The predicted molar refractivity (Wildman–Crippen MR) is 49.0 cm³/mol. The fourth-order valence-corrected chi connectivity index (χ4v) is 1.23. The summed E-state index contributed by atoms with van der Waals surface area (Å²) in [4.78, 5) is 3.64. The normalized spacial score (nSPS) is 10.4. The Balaban J connectivity index is 0.00000121. The Morgan fingerprint density at radius 1 is 1.50 bits per heavy atom. The molecule has 6 heteroatoms. The summed E-state index contributed by atoms with van der Waals surface area (Å²) in [7, 11) is -3.22. The maximum Gasteiger partial charge on any atom is 0.192 e. The maximum absolute atomic E-state index is 10.9. The van der Waals surface area contributed by atoms with Crippen LogP contribution in [0.25, 0.3) is 0 Å². The van der Waals surface area contributed by atoms with E-state index in [1.54, 1.807) is 0 Å². The number of hydrogen-bond donors (Lipinski definition) is 1. The molecular weight excluding hydrogens is 200 g/mol. The lowest BCUT2D eigenvalue weighted by molar-refractivity contribution is 0.598. The molecule has 2 N–H and O–H groups in total. The van der Waals surface area contributed by atoms with Gasteiger partial charge in [0.2, 0.25) is 0 Å². The first kappa shape index (κ1) is 11.2. The van der Waals surface area contributed by atoms with Gasteiger partial charge in [-0.1, -0.05) is 0 Å². The lowest BCUT2D eigenvalue weighted by Gasteiger charge is -1.96. The molecule has 0 spiro atoms. The zero-order chi connectivity index (χ0) is 8.48. The molecule has 0 aliphatic rings. The third-order valence-electron chi connectivity index (χ3n) is 1.14. The van der Waals surface area contributed by atoms with Crippen molar-refractivity contribution in [2.45, 2.75) is 5.03 Å². The van der Waals surface area contributed by atoms with Crippen molar-refractivity contribution < 1.29 is 8.42 Å². The number of anilines is 1. The molecule has 0 unspecified atom stereocenters. The first-order valence-electron chi connectivity index (χ1n) is 2.92. The lowest BCUT2D eigenvalue weighted by atomic mass is 10.4. The summed E-state index contributed by atoms with van der Waals surface area (Å²) in [6.07, 6.45) is 2.46. The van der Waals surface area contributed by atoms with Gasteiger partial charge in [0, 0.05) is 18.1 Å². The molecule has 0 aliphatic carbocycles. The van der Waals surface area contributed by atoms with Crippen molar-refractivity contribution in [3.05, 3.63) is 18.3 Å².